The third-order valence-electron chi connectivity index (χ3n) is 4.27. The van der Waals surface area contributed by atoms with Gasteiger partial charge in [-0.15, -0.1) is 0 Å². The smallest absolute Gasteiger partial charge is 0.127 e. The normalized spacial score (nSPS) is 19.5. The van der Waals surface area contributed by atoms with E-state index < -0.39 is 0 Å². The lowest BCUT2D eigenvalue weighted by Gasteiger charge is -2.32. The van der Waals surface area contributed by atoms with E-state index in [0.717, 1.165) is 42.6 Å². The summed E-state index contributed by atoms with van der Waals surface area (Å²) in [4.78, 5) is 2.27. The van der Waals surface area contributed by atoms with Crippen LogP contribution < -0.4 is 0 Å². The van der Waals surface area contributed by atoms with Gasteiger partial charge in [-0.05, 0) is 37.1 Å². The molecule has 1 unspecified atom stereocenters. The van der Waals surface area contributed by atoms with Crippen molar-refractivity contribution < 1.29 is 9.13 Å². The molecular weight excluding hydrogens is 281 g/mol. The zero-order valence-electron chi connectivity index (χ0n) is 13.1. The molecule has 3 rings (SSSR count). The molecule has 0 radical (unpaired) electrons. The Labute approximate surface area is 130 Å². The van der Waals surface area contributed by atoms with Crippen molar-refractivity contribution in [3.8, 4) is 11.1 Å². The van der Waals surface area contributed by atoms with Crippen molar-refractivity contribution in [1.82, 2.24) is 14.7 Å². The molecule has 22 heavy (non-hydrogen) atoms. The van der Waals surface area contributed by atoms with Crippen LogP contribution >= 0.6 is 0 Å². The average Bonchev–Trinajstić information content (AvgIpc) is 2.96. The molecule has 2 heterocycles. The van der Waals surface area contributed by atoms with Crippen molar-refractivity contribution in [2.75, 3.05) is 20.2 Å². The summed E-state index contributed by atoms with van der Waals surface area (Å²) in [6.07, 6.45) is 6.20. The first-order valence-corrected chi connectivity index (χ1v) is 7.68. The predicted molar refractivity (Wildman–Crippen MR) is 83.9 cm³/mol. The largest absolute Gasteiger partial charge is 0.380 e. The standard InChI is InChI=1S/C17H22FN3O/c1-20-10-15(9-19-20)13-5-6-17(18)14(8-13)11-21-7-3-4-16(12-21)22-2/h5-6,8-10,16H,3-4,7,11-12H2,1-2H3. The van der Waals surface area contributed by atoms with Crippen molar-refractivity contribution in [3.05, 3.63) is 42.0 Å². The Morgan fingerprint density at radius 2 is 2.23 bits per heavy atom. The number of ether oxygens (including phenoxy) is 1. The Bertz CT molecular complexity index is 641. The van der Waals surface area contributed by atoms with Crippen molar-refractivity contribution in [2.24, 2.45) is 7.05 Å². The first-order valence-electron chi connectivity index (χ1n) is 7.68. The van der Waals surface area contributed by atoms with Crippen LogP contribution in [0.1, 0.15) is 18.4 Å². The molecule has 1 aliphatic heterocycles. The summed E-state index contributed by atoms with van der Waals surface area (Å²) < 4.78 is 21.3. The number of aryl methyl sites for hydroxylation is 1. The molecule has 118 valence electrons. The molecule has 1 saturated heterocycles. The van der Waals surface area contributed by atoms with Gasteiger partial charge < -0.3 is 4.74 Å². The molecule has 0 amide bonds. The molecule has 0 N–H and O–H groups in total. The monoisotopic (exact) mass is 303 g/mol. The van der Waals surface area contributed by atoms with Crippen molar-refractivity contribution in [2.45, 2.75) is 25.5 Å². The van der Waals surface area contributed by atoms with Crippen LogP contribution in [0, 0.1) is 5.82 Å². The molecule has 0 spiro atoms. The Morgan fingerprint density at radius 3 is 2.95 bits per heavy atom. The lowest BCUT2D eigenvalue weighted by molar-refractivity contribution is 0.0282. The number of hydrogen-bond donors (Lipinski definition) is 0. The summed E-state index contributed by atoms with van der Waals surface area (Å²) in [6.45, 7) is 2.49. The van der Waals surface area contributed by atoms with E-state index in [2.05, 4.69) is 10.00 Å². The van der Waals surface area contributed by atoms with Gasteiger partial charge in [0.15, 0.2) is 0 Å². The molecule has 2 aromatic rings. The number of piperidine rings is 1. The minimum absolute atomic E-state index is 0.146. The number of rotatable bonds is 4. The fourth-order valence-electron chi connectivity index (χ4n) is 3.04. The zero-order valence-corrected chi connectivity index (χ0v) is 13.1. The third-order valence-corrected chi connectivity index (χ3v) is 4.27. The summed E-state index contributed by atoms with van der Waals surface area (Å²) >= 11 is 0. The highest BCUT2D eigenvalue weighted by Crippen LogP contribution is 2.23. The lowest BCUT2D eigenvalue weighted by atomic mass is 10.0. The van der Waals surface area contributed by atoms with Gasteiger partial charge in [0, 0.05) is 44.6 Å². The second-order valence-corrected chi connectivity index (χ2v) is 5.94. The molecule has 1 aromatic carbocycles. The second kappa shape index (κ2) is 6.58. The SMILES string of the molecule is COC1CCCN(Cc2cc(-c3cnn(C)c3)ccc2F)C1. The predicted octanol–water partition coefficient (Wildman–Crippen LogP) is 2.84. The Morgan fingerprint density at radius 1 is 1.36 bits per heavy atom. The molecule has 0 bridgehead atoms. The average molecular weight is 303 g/mol. The van der Waals surface area contributed by atoms with Crippen molar-refractivity contribution in [1.29, 1.82) is 0 Å². The van der Waals surface area contributed by atoms with Gasteiger partial charge in [-0.3, -0.25) is 9.58 Å². The van der Waals surface area contributed by atoms with Gasteiger partial charge in [-0.2, -0.15) is 5.10 Å². The van der Waals surface area contributed by atoms with E-state index in [4.69, 9.17) is 4.74 Å². The molecule has 1 fully saturated rings. The van der Waals surface area contributed by atoms with E-state index in [1.165, 1.54) is 0 Å². The number of hydrogen-bond acceptors (Lipinski definition) is 3. The van der Waals surface area contributed by atoms with Gasteiger partial charge >= 0.3 is 0 Å². The van der Waals surface area contributed by atoms with Gasteiger partial charge in [0.2, 0.25) is 0 Å². The number of nitrogens with zero attached hydrogens (tertiary/aromatic N) is 3. The molecule has 5 heteroatoms. The molecule has 0 saturated carbocycles. The van der Waals surface area contributed by atoms with Crippen molar-refractivity contribution in [3.63, 3.8) is 0 Å². The Hall–Kier alpha value is -1.72. The van der Waals surface area contributed by atoms with Gasteiger partial charge in [-0.25, -0.2) is 4.39 Å². The van der Waals surface area contributed by atoms with E-state index in [1.807, 2.05) is 25.4 Å². The fraction of sp³-hybridized carbons (Fsp3) is 0.471. The minimum Gasteiger partial charge on any atom is -0.380 e. The lowest BCUT2D eigenvalue weighted by Crippen LogP contribution is -2.38. The maximum Gasteiger partial charge on any atom is 0.127 e. The maximum absolute atomic E-state index is 14.1. The van der Waals surface area contributed by atoms with Gasteiger partial charge in [0.05, 0.1) is 12.3 Å². The van der Waals surface area contributed by atoms with Crippen LogP contribution in [0.3, 0.4) is 0 Å². The maximum atomic E-state index is 14.1. The molecule has 4 nitrogen and oxygen atoms in total. The van der Waals surface area contributed by atoms with E-state index in [9.17, 15) is 4.39 Å². The summed E-state index contributed by atoms with van der Waals surface area (Å²) in [6, 6.07) is 5.29. The van der Waals surface area contributed by atoms with E-state index in [-0.39, 0.29) is 11.9 Å². The van der Waals surface area contributed by atoms with Gasteiger partial charge in [-0.1, -0.05) is 6.07 Å². The minimum atomic E-state index is -0.146. The second-order valence-electron chi connectivity index (χ2n) is 5.94. The van der Waals surface area contributed by atoms with Gasteiger partial charge in [0.25, 0.3) is 0 Å². The summed E-state index contributed by atoms with van der Waals surface area (Å²) in [5.41, 5.74) is 2.75. The van der Waals surface area contributed by atoms with Crippen LogP contribution in [0.5, 0.6) is 0 Å². The summed E-state index contributed by atoms with van der Waals surface area (Å²) in [5, 5.41) is 4.18. The van der Waals surface area contributed by atoms with Crippen molar-refractivity contribution >= 4 is 0 Å². The quantitative estimate of drug-likeness (QED) is 0.870. The highest BCUT2D eigenvalue weighted by atomic mass is 19.1. The zero-order chi connectivity index (χ0) is 15.5. The highest BCUT2D eigenvalue weighted by molar-refractivity contribution is 5.62. The van der Waals surface area contributed by atoms with Crippen LogP contribution in [0.25, 0.3) is 11.1 Å². The van der Waals surface area contributed by atoms with Crippen LogP contribution in [-0.2, 0) is 18.3 Å². The van der Waals surface area contributed by atoms with E-state index in [1.54, 1.807) is 24.1 Å². The summed E-state index contributed by atoms with van der Waals surface area (Å²) in [7, 11) is 3.63. The number of benzene rings is 1. The highest BCUT2D eigenvalue weighted by Gasteiger charge is 2.20. The summed E-state index contributed by atoms with van der Waals surface area (Å²) in [5.74, 6) is -0.146. The molecule has 1 atom stereocenters. The van der Waals surface area contributed by atoms with Crippen LogP contribution in [-0.4, -0.2) is 41.0 Å². The Kier molecular flexibility index (Phi) is 4.55. The Balaban J connectivity index is 1.78. The van der Waals surface area contributed by atoms with Crippen LogP contribution in [0.15, 0.2) is 30.6 Å². The van der Waals surface area contributed by atoms with E-state index in [0.29, 0.717) is 6.54 Å². The third kappa shape index (κ3) is 3.36. The topological polar surface area (TPSA) is 30.3 Å². The first kappa shape index (κ1) is 15.2. The first-order chi connectivity index (χ1) is 10.7. The fourth-order valence-corrected chi connectivity index (χ4v) is 3.04. The van der Waals surface area contributed by atoms with Gasteiger partial charge in [0.1, 0.15) is 5.82 Å². The molecular formula is C17H22FN3O. The van der Waals surface area contributed by atoms with Crippen LogP contribution in [0.4, 0.5) is 4.39 Å². The number of methoxy groups -OCH3 is 1. The number of halogens is 1. The van der Waals surface area contributed by atoms with E-state index >= 15 is 0 Å². The number of aromatic nitrogens is 2. The molecule has 1 aliphatic rings. The molecule has 1 aromatic heterocycles. The molecule has 0 aliphatic carbocycles. The van der Waals surface area contributed by atoms with Crippen LogP contribution in [0.2, 0.25) is 0 Å². The number of likely N-dealkylation sites (tertiary alicyclic amines) is 1.